The van der Waals surface area contributed by atoms with E-state index in [0.29, 0.717) is 13.0 Å². The molecule has 0 heterocycles. The molecule has 150 valence electrons. The van der Waals surface area contributed by atoms with E-state index in [1.165, 1.54) is 0 Å². The van der Waals surface area contributed by atoms with Crippen LogP contribution in [0.2, 0.25) is 0 Å². The summed E-state index contributed by atoms with van der Waals surface area (Å²) in [6, 6.07) is 17.2. The van der Waals surface area contributed by atoms with E-state index in [1.807, 2.05) is 89.2 Å². The maximum atomic E-state index is 13.2. The Morgan fingerprint density at radius 1 is 1.00 bits per heavy atom. The molecular formula is C24H32N2O2. The van der Waals surface area contributed by atoms with Gasteiger partial charge < -0.3 is 10.2 Å². The van der Waals surface area contributed by atoms with Crippen LogP contribution in [0.1, 0.15) is 50.8 Å². The molecule has 2 aromatic rings. The van der Waals surface area contributed by atoms with Crippen molar-refractivity contribution in [2.24, 2.45) is 0 Å². The summed E-state index contributed by atoms with van der Waals surface area (Å²) in [5, 5.41) is 3.04. The minimum atomic E-state index is -0.505. The molecule has 2 rings (SSSR count). The van der Waals surface area contributed by atoms with Crippen LogP contribution in [-0.2, 0) is 22.6 Å². The van der Waals surface area contributed by atoms with Gasteiger partial charge in [0.1, 0.15) is 6.04 Å². The third-order valence-corrected chi connectivity index (χ3v) is 4.68. The molecule has 0 fully saturated rings. The van der Waals surface area contributed by atoms with E-state index in [1.54, 1.807) is 4.90 Å². The number of carbonyl (C=O) groups is 2. The van der Waals surface area contributed by atoms with Gasteiger partial charge in [-0.05, 0) is 50.8 Å². The standard InChI is InChI=1S/C24H32N2O2/c1-6-21(23(28)25-24(3,4)5)26(17-20-15-11-10-12-18(20)2)22(27)16-19-13-8-7-9-14-19/h7-15,21H,6,16-17H2,1-5H3,(H,25,28)/t21-/m1/s1. The van der Waals surface area contributed by atoms with Gasteiger partial charge in [0.15, 0.2) is 0 Å². The molecule has 28 heavy (non-hydrogen) atoms. The Morgan fingerprint density at radius 2 is 1.61 bits per heavy atom. The van der Waals surface area contributed by atoms with Gasteiger partial charge in [-0.1, -0.05) is 61.5 Å². The minimum Gasteiger partial charge on any atom is -0.350 e. The van der Waals surface area contributed by atoms with Gasteiger partial charge in [0, 0.05) is 12.1 Å². The lowest BCUT2D eigenvalue weighted by molar-refractivity contribution is -0.141. The highest BCUT2D eigenvalue weighted by Crippen LogP contribution is 2.17. The van der Waals surface area contributed by atoms with E-state index < -0.39 is 6.04 Å². The van der Waals surface area contributed by atoms with Crippen LogP contribution in [0.15, 0.2) is 54.6 Å². The van der Waals surface area contributed by atoms with Gasteiger partial charge in [-0.2, -0.15) is 0 Å². The van der Waals surface area contributed by atoms with Crippen molar-refractivity contribution in [1.82, 2.24) is 10.2 Å². The van der Waals surface area contributed by atoms with Crippen molar-refractivity contribution in [3.63, 3.8) is 0 Å². The second-order valence-electron chi connectivity index (χ2n) is 8.27. The molecule has 1 atom stereocenters. The van der Waals surface area contributed by atoms with E-state index in [-0.39, 0.29) is 23.8 Å². The molecule has 0 saturated heterocycles. The summed E-state index contributed by atoms with van der Waals surface area (Å²) in [4.78, 5) is 27.9. The van der Waals surface area contributed by atoms with Crippen LogP contribution in [0.25, 0.3) is 0 Å². The lowest BCUT2D eigenvalue weighted by atomic mass is 10.0. The molecule has 0 bridgehead atoms. The summed E-state index contributed by atoms with van der Waals surface area (Å²) in [6.45, 7) is 10.3. The number of hydrogen-bond acceptors (Lipinski definition) is 2. The van der Waals surface area contributed by atoms with Crippen LogP contribution < -0.4 is 5.32 Å². The molecule has 0 spiro atoms. The second kappa shape index (κ2) is 9.54. The normalized spacial score (nSPS) is 12.3. The average molecular weight is 381 g/mol. The largest absolute Gasteiger partial charge is 0.350 e. The Kier molecular flexibility index (Phi) is 7.38. The SMILES string of the molecule is CC[C@H](C(=O)NC(C)(C)C)N(Cc1ccccc1C)C(=O)Cc1ccccc1. The number of hydrogen-bond donors (Lipinski definition) is 1. The molecule has 4 heteroatoms. The van der Waals surface area contributed by atoms with Gasteiger partial charge in [-0.25, -0.2) is 0 Å². The minimum absolute atomic E-state index is 0.0367. The first-order valence-corrected chi connectivity index (χ1v) is 9.91. The lowest BCUT2D eigenvalue weighted by Crippen LogP contribution is -2.53. The quantitative estimate of drug-likeness (QED) is 0.780. The van der Waals surface area contributed by atoms with Crippen molar-refractivity contribution >= 4 is 11.8 Å². The zero-order chi connectivity index (χ0) is 20.7. The molecule has 0 aliphatic carbocycles. The van der Waals surface area contributed by atoms with Crippen molar-refractivity contribution in [3.8, 4) is 0 Å². The molecule has 0 aromatic heterocycles. The van der Waals surface area contributed by atoms with Gasteiger partial charge in [0.25, 0.3) is 0 Å². The Morgan fingerprint density at radius 3 is 2.18 bits per heavy atom. The molecule has 0 aliphatic heterocycles. The van der Waals surface area contributed by atoms with Gasteiger partial charge in [0.2, 0.25) is 11.8 Å². The van der Waals surface area contributed by atoms with Gasteiger partial charge >= 0.3 is 0 Å². The highest BCUT2D eigenvalue weighted by atomic mass is 16.2. The maximum absolute atomic E-state index is 13.2. The smallest absolute Gasteiger partial charge is 0.243 e. The van der Waals surface area contributed by atoms with Crippen LogP contribution in [0.3, 0.4) is 0 Å². The summed E-state index contributed by atoms with van der Waals surface area (Å²) >= 11 is 0. The maximum Gasteiger partial charge on any atom is 0.243 e. The molecule has 0 saturated carbocycles. The summed E-state index contributed by atoms with van der Waals surface area (Å²) in [7, 11) is 0. The Balaban J connectivity index is 2.32. The fourth-order valence-electron chi connectivity index (χ4n) is 3.22. The average Bonchev–Trinajstić information content (AvgIpc) is 2.62. The Hall–Kier alpha value is -2.62. The highest BCUT2D eigenvalue weighted by molar-refractivity contribution is 5.88. The number of nitrogens with one attached hydrogen (secondary N) is 1. The van der Waals surface area contributed by atoms with Crippen molar-refractivity contribution in [3.05, 3.63) is 71.3 Å². The Bertz CT molecular complexity index is 794. The molecule has 1 N–H and O–H groups in total. The van der Waals surface area contributed by atoms with E-state index in [0.717, 1.165) is 16.7 Å². The predicted molar refractivity (Wildman–Crippen MR) is 114 cm³/mol. The third-order valence-electron chi connectivity index (χ3n) is 4.68. The van der Waals surface area contributed by atoms with Crippen molar-refractivity contribution in [1.29, 1.82) is 0 Å². The first-order chi connectivity index (χ1) is 13.2. The van der Waals surface area contributed by atoms with E-state index in [9.17, 15) is 9.59 Å². The summed E-state index contributed by atoms with van der Waals surface area (Å²) in [5.74, 6) is -0.143. The molecule has 0 aliphatic rings. The van der Waals surface area contributed by atoms with Crippen molar-refractivity contribution < 1.29 is 9.59 Å². The van der Waals surface area contributed by atoms with Gasteiger partial charge in [0.05, 0.1) is 6.42 Å². The zero-order valence-corrected chi connectivity index (χ0v) is 17.7. The molecule has 4 nitrogen and oxygen atoms in total. The topological polar surface area (TPSA) is 49.4 Å². The number of nitrogens with zero attached hydrogens (tertiary/aromatic N) is 1. The van der Waals surface area contributed by atoms with Gasteiger partial charge in [-0.15, -0.1) is 0 Å². The summed E-state index contributed by atoms with van der Waals surface area (Å²) in [6.07, 6.45) is 0.848. The zero-order valence-electron chi connectivity index (χ0n) is 17.7. The fraction of sp³-hybridized carbons (Fsp3) is 0.417. The lowest BCUT2D eigenvalue weighted by Gasteiger charge is -2.33. The van der Waals surface area contributed by atoms with E-state index in [2.05, 4.69) is 5.32 Å². The van der Waals surface area contributed by atoms with Crippen LogP contribution in [0.5, 0.6) is 0 Å². The number of amides is 2. The summed E-state index contributed by atoms with van der Waals surface area (Å²) in [5.41, 5.74) is 2.78. The van der Waals surface area contributed by atoms with Crippen LogP contribution in [0.4, 0.5) is 0 Å². The number of rotatable bonds is 7. The molecule has 2 amide bonds. The Labute approximate surface area is 169 Å². The first-order valence-electron chi connectivity index (χ1n) is 9.91. The molecule has 0 unspecified atom stereocenters. The second-order valence-corrected chi connectivity index (χ2v) is 8.27. The van der Waals surface area contributed by atoms with E-state index in [4.69, 9.17) is 0 Å². The van der Waals surface area contributed by atoms with Crippen molar-refractivity contribution in [2.45, 2.75) is 65.6 Å². The van der Waals surface area contributed by atoms with Gasteiger partial charge in [-0.3, -0.25) is 9.59 Å². The predicted octanol–water partition coefficient (Wildman–Crippen LogP) is 4.26. The fourth-order valence-corrected chi connectivity index (χ4v) is 3.22. The van der Waals surface area contributed by atoms with Crippen LogP contribution in [-0.4, -0.2) is 28.3 Å². The number of carbonyl (C=O) groups excluding carboxylic acids is 2. The molecule has 0 radical (unpaired) electrons. The van der Waals surface area contributed by atoms with Crippen LogP contribution in [0, 0.1) is 6.92 Å². The highest BCUT2D eigenvalue weighted by Gasteiger charge is 2.30. The summed E-state index contributed by atoms with van der Waals surface area (Å²) < 4.78 is 0. The van der Waals surface area contributed by atoms with Crippen molar-refractivity contribution in [2.75, 3.05) is 0 Å². The third kappa shape index (κ3) is 6.22. The van der Waals surface area contributed by atoms with Crippen LogP contribution >= 0.6 is 0 Å². The molecular weight excluding hydrogens is 348 g/mol. The monoisotopic (exact) mass is 380 g/mol. The molecule has 2 aromatic carbocycles. The van der Waals surface area contributed by atoms with E-state index >= 15 is 0 Å². The number of aryl methyl sites for hydroxylation is 1. The first kappa shape index (κ1) is 21.7. The number of benzene rings is 2.